The molecule has 0 atom stereocenters. The van der Waals surface area contributed by atoms with Gasteiger partial charge in [-0.25, -0.2) is 0 Å². The zero-order chi connectivity index (χ0) is 11.4. The molecular formula is C12H18N2O2. The molecule has 4 heteroatoms. The van der Waals surface area contributed by atoms with Crippen LogP contribution in [0.1, 0.15) is 12.8 Å². The summed E-state index contributed by atoms with van der Waals surface area (Å²) < 4.78 is 6.90. The highest BCUT2D eigenvalue weighted by Gasteiger charge is 2.13. The summed E-state index contributed by atoms with van der Waals surface area (Å²) >= 11 is 0. The minimum absolute atomic E-state index is 0.0246. The van der Waals surface area contributed by atoms with Gasteiger partial charge >= 0.3 is 0 Å². The van der Waals surface area contributed by atoms with Gasteiger partial charge in [0.15, 0.2) is 0 Å². The fraction of sp³-hybridized carbons (Fsp3) is 0.583. The van der Waals surface area contributed by atoms with Crippen molar-refractivity contribution >= 4 is 5.69 Å². The number of ether oxygens (including phenoxy) is 1. The van der Waals surface area contributed by atoms with Crippen LogP contribution < -0.4 is 10.9 Å². The Balaban J connectivity index is 1.88. The van der Waals surface area contributed by atoms with Gasteiger partial charge in [-0.3, -0.25) is 4.79 Å². The van der Waals surface area contributed by atoms with Crippen LogP contribution in [0, 0.1) is 5.92 Å². The smallest absolute Gasteiger partial charge is 0.250 e. The van der Waals surface area contributed by atoms with Crippen molar-refractivity contribution in [3.05, 3.63) is 28.7 Å². The monoisotopic (exact) mass is 222 g/mol. The molecule has 1 fully saturated rings. The van der Waals surface area contributed by atoms with Crippen molar-refractivity contribution in [3.8, 4) is 0 Å². The lowest BCUT2D eigenvalue weighted by molar-refractivity contribution is 0.0699. The Labute approximate surface area is 95.2 Å². The first kappa shape index (κ1) is 11.2. The van der Waals surface area contributed by atoms with Crippen LogP contribution in [-0.4, -0.2) is 24.3 Å². The normalized spacial score (nSPS) is 17.3. The molecule has 1 aromatic rings. The van der Waals surface area contributed by atoms with Crippen LogP contribution in [-0.2, 0) is 11.8 Å². The second-order valence-corrected chi connectivity index (χ2v) is 4.30. The Morgan fingerprint density at radius 3 is 2.88 bits per heavy atom. The average molecular weight is 222 g/mol. The quantitative estimate of drug-likeness (QED) is 0.836. The van der Waals surface area contributed by atoms with E-state index in [2.05, 4.69) is 5.32 Å². The topological polar surface area (TPSA) is 43.3 Å². The summed E-state index contributed by atoms with van der Waals surface area (Å²) in [6.45, 7) is 2.71. The first-order valence-electron chi connectivity index (χ1n) is 5.74. The number of nitrogens with one attached hydrogen (secondary N) is 1. The molecule has 2 heterocycles. The molecule has 0 spiro atoms. The highest BCUT2D eigenvalue weighted by molar-refractivity contribution is 5.40. The van der Waals surface area contributed by atoms with E-state index in [0.717, 1.165) is 38.3 Å². The van der Waals surface area contributed by atoms with Crippen LogP contribution >= 0.6 is 0 Å². The molecule has 0 amide bonds. The van der Waals surface area contributed by atoms with Crippen LogP contribution in [0.3, 0.4) is 0 Å². The van der Waals surface area contributed by atoms with Gasteiger partial charge in [0, 0.05) is 39.1 Å². The van der Waals surface area contributed by atoms with Crippen molar-refractivity contribution in [2.45, 2.75) is 12.8 Å². The maximum absolute atomic E-state index is 11.2. The zero-order valence-electron chi connectivity index (χ0n) is 9.61. The Morgan fingerprint density at radius 2 is 2.19 bits per heavy atom. The molecule has 0 aromatic carbocycles. The summed E-state index contributed by atoms with van der Waals surface area (Å²) in [6, 6.07) is 3.42. The molecule has 16 heavy (non-hydrogen) atoms. The summed E-state index contributed by atoms with van der Waals surface area (Å²) in [5, 5.41) is 3.37. The standard InChI is InChI=1S/C12H18N2O2/c1-14-9-11(2-3-12(14)15)13-8-10-4-6-16-7-5-10/h2-3,9-10,13H,4-8H2,1H3. The van der Waals surface area contributed by atoms with E-state index in [1.807, 2.05) is 12.3 Å². The lowest BCUT2D eigenvalue weighted by atomic mass is 10.0. The van der Waals surface area contributed by atoms with Gasteiger partial charge in [-0.2, -0.15) is 0 Å². The Morgan fingerprint density at radius 1 is 1.44 bits per heavy atom. The molecule has 1 saturated heterocycles. The van der Waals surface area contributed by atoms with Crippen LogP contribution in [0.25, 0.3) is 0 Å². The van der Waals surface area contributed by atoms with Crippen LogP contribution in [0.15, 0.2) is 23.1 Å². The summed E-state index contributed by atoms with van der Waals surface area (Å²) in [6.07, 6.45) is 4.08. The van der Waals surface area contributed by atoms with Gasteiger partial charge in [0.2, 0.25) is 5.56 Å². The first-order chi connectivity index (χ1) is 7.75. The van der Waals surface area contributed by atoms with Crippen molar-refractivity contribution < 1.29 is 4.74 Å². The number of aryl methyl sites for hydroxylation is 1. The fourth-order valence-electron chi connectivity index (χ4n) is 1.91. The highest BCUT2D eigenvalue weighted by Crippen LogP contribution is 2.15. The second kappa shape index (κ2) is 5.16. The Kier molecular flexibility index (Phi) is 3.62. The molecule has 2 rings (SSSR count). The Hall–Kier alpha value is -1.29. The van der Waals surface area contributed by atoms with Gasteiger partial charge in [0.1, 0.15) is 0 Å². The molecule has 0 aliphatic carbocycles. The van der Waals surface area contributed by atoms with E-state index in [1.165, 1.54) is 0 Å². The number of hydrogen-bond acceptors (Lipinski definition) is 3. The molecule has 88 valence electrons. The van der Waals surface area contributed by atoms with E-state index in [-0.39, 0.29) is 5.56 Å². The van der Waals surface area contributed by atoms with Gasteiger partial charge in [-0.15, -0.1) is 0 Å². The second-order valence-electron chi connectivity index (χ2n) is 4.30. The van der Waals surface area contributed by atoms with Gasteiger partial charge in [0.25, 0.3) is 0 Å². The summed E-state index contributed by atoms with van der Waals surface area (Å²) in [5.74, 6) is 0.686. The minimum Gasteiger partial charge on any atom is -0.384 e. The number of anilines is 1. The van der Waals surface area contributed by atoms with Gasteiger partial charge in [-0.1, -0.05) is 0 Å². The van der Waals surface area contributed by atoms with Crippen molar-refractivity contribution in [2.75, 3.05) is 25.1 Å². The molecule has 0 unspecified atom stereocenters. The number of nitrogens with zero attached hydrogens (tertiary/aromatic N) is 1. The SMILES string of the molecule is Cn1cc(NCC2CCOCC2)ccc1=O. The molecular weight excluding hydrogens is 204 g/mol. The predicted octanol–water partition coefficient (Wildman–Crippen LogP) is 1.22. The maximum Gasteiger partial charge on any atom is 0.250 e. The van der Waals surface area contributed by atoms with Crippen molar-refractivity contribution in [3.63, 3.8) is 0 Å². The highest BCUT2D eigenvalue weighted by atomic mass is 16.5. The third-order valence-corrected chi connectivity index (χ3v) is 3.02. The molecule has 1 aromatic heterocycles. The van der Waals surface area contributed by atoms with Gasteiger partial charge in [-0.05, 0) is 24.8 Å². The molecule has 0 bridgehead atoms. The van der Waals surface area contributed by atoms with E-state index in [1.54, 1.807) is 17.7 Å². The zero-order valence-corrected chi connectivity index (χ0v) is 9.61. The Bertz CT molecular complexity index is 394. The van der Waals surface area contributed by atoms with Gasteiger partial charge < -0.3 is 14.6 Å². The predicted molar refractivity (Wildman–Crippen MR) is 63.7 cm³/mol. The van der Waals surface area contributed by atoms with Crippen molar-refractivity contribution in [1.29, 1.82) is 0 Å². The molecule has 0 saturated carbocycles. The van der Waals surface area contributed by atoms with Crippen LogP contribution in [0.5, 0.6) is 0 Å². The largest absolute Gasteiger partial charge is 0.384 e. The average Bonchev–Trinajstić information content (AvgIpc) is 2.32. The number of aromatic nitrogens is 1. The number of pyridine rings is 1. The lowest BCUT2D eigenvalue weighted by Gasteiger charge is -2.22. The van der Waals surface area contributed by atoms with E-state index in [9.17, 15) is 4.79 Å². The van der Waals surface area contributed by atoms with E-state index < -0.39 is 0 Å². The van der Waals surface area contributed by atoms with Gasteiger partial charge in [0.05, 0.1) is 5.69 Å². The van der Waals surface area contributed by atoms with Crippen LogP contribution in [0.4, 0.5) is 5.69 Å². The molecule has 1 aliphatic rings. The summed E-state index contributed by atoms with van der Waals surface area (Å²) in [4.78, 5) is 11.2. The summed E-state index contributed by atoms with van der Waals surface area (Å²) in [5.41, 5.74) is 1.03. The number of hydrogen-bond donors (Lipinski definition) is 1. The first-order valence-corrected chi connectivity index (χ1v) is 5.74. The summed E-state index contributed by atoms with van der Waals surface area (Å²) in [7, 11) is 1.77. The van der Waals surface area contributed by atoms with E-state index in [4.69, 9.17) is 4.74 Å². The van der Waals surface area contributed by atoms with Crippen LogP contribution in [0.2, 0.25) is 0 Å². The molecule has 0 radical (unpaired) electrons. The van der Waals surface area contributed by atoms with E-state index in [0.29, 0.717) is 5.92 Å². The third kappa shape index (κ3) is 2.85. The van der Waals surface area contributed by atoms with Crippen molar-refractivity contribution in [1.82, 2.24) is 4.57 Å². The molecule has 4 nitrogen and oxygen atoms in total. The lowest BCUT2D eigenvalue weighted by Crippen LogP contribution is -2.23. The fourth-order valence-corrected chi connectivity index (χ4v) is 1.91. The van der Waals surface area contributed by atoms with Crippen molar-refractivity contribution in [2.24, 2.45) is 13.0 Å². The third-order valence-electron chi connectivity index (χ3n) is 3.02. The molecule has 1 aliphatic heterocycles. The minimum atomic E-state index is 0.0246. The molecule has 1 N–H and O–H groups in total. The van der Waals surface area contributed by atoms with E-state index >= 15 is 0 Å². The maximum atomic E-state index is 11.2. The number of rotatable bonds is 3.